The highest BCUT2D eigenvalue weighted by Gasteiger charge is 2.20. The average molecular weight is 250 g/mol. The van der Waals surface area contributed by atoms with Crippen LogP contribution in [-0.2, 0) is 0 Å². The molecule has 0 aliphatic carbocycles. The monoisotopic (exact) mass is 250 g/mol. The van der Waals surface area contributed by atoms with Crippen LogP contribution in [0, 0.1) is 0 Å². The fourth-order valence-electron chi connectivity index (χ4n) is 2.21. The molecule has 0 aliphatic rings. The molecule has 0 aromatic heterocycles. The van der Waals surface area contributed by atoms with E-state index in [9.17, 15) is 5.11 Å². The summed E-state index contributed by atoms with van der Waals surface area (Å²) in [6, 6.07) is 10.4. The zero-order valence-electron chi connectivity index (χ0n) is 11.8. The molecular formula is C15H26N2O. The molecule has 0 bridgehead atoms. The lowest BCUT2D eigenvalue weighted by atomic mass is 9.98. The minimum absolute atomic E-state index is 0.327. The second-order valence-corrected chi connectivity index (χ2v) is 5.48. The van der Waals surface area contributed by atoms with Crippen LogP contribution < -0.4 is 5.73 Å². The molecule has 0 heterocycles. The van der Waals surface area contributed by atoms with Crippen LogP contribution in [0.25, 0.3) is 0 Å². The van der Waals surface area contributed by atoms with Crippen LogP contribution in [0.5, 0.6) is 0 Å². The third-order valence-electron chi connectivity index (χ3n) is 3.09. The topological polar surface area (TPSA) is 49.5 Å². The van der Waals surface area contributed by atoms with Crippen molar-refractivity contribution in [2.24, 2.45) is 5.73 Å². The normalized spacial score (nSPS) is 13.9. The quantitative estimate of drug-likeness (QED) is 0.776. The van der Waals surface area contributed by atoms with Gasteiger partial charge in [-0.15, -0.1) is 0 Å². The van der Waals surface area contributed by atoms with Crippen molar-refractivity contribution in [1.82, 2.24) is 4.90 Å². The molecule has 0 spiro atoms. The van der Waals surface area contributed by atoms with Crippen LogP contribution in [0.4, 0.5) is 0 Å². The molecule has 0 radical (unpaired) electrons. The smallest absolute Gasteiger partial charge is 0.0718 e. The van der Waals surface area contributed by atoms with E-state index < -0.39 is 5.60 Å². The highest BCUT2D eigenvalue weighted by Crippen LogP contribution is 2.17. The zero-order chi connectivity index (χ0) is 13.6. The van der Waals surface area contributed by atoms with E-state index >= 15 is 0 Å². The first-order valence-corrected chi connectivity index (χ1v) is 6.66. The predicted molar refractivity (Wildman–Crippen MR) is 76.6 cm³/mol. The maximum absolute atomic E-state index is 9.90. The van der Waals surface area contributed by atoms with Crippen molar-refractivity contribution >= 4 is 0 Å². The minimum atomic E-state index is -0.661. The Morgan fingerprint density at radius 1 is 1.28 bits per heavy atom. The average Bonchev–Trinajstić information content (AvgIpc) is 2.34. The Morgan fingerprint density at radius 3 is 2.33 bits per heavy atom. The Labute approximate surface area is 111 Å². The number of aliphatic hydroxyl groups is 1. The van der Waals surface area contributed by atoms with Gasteiger partial charge in [0.05, 0.1) is 5.60 Å². The van der Waals surface area contributed by atoms with E-state index in [2.05, 4.69) is 24.0 Å². The predicted octanol–water partition coefficient (Wildman–Crippen LogP) is 1.82. The van der Waals surface area contributed by atoms with Gasteiger partial charge in [0.1, 0.15) is 0 Å². The number of hydrogen-bond acceptors (Lipinski definition) is 3. The molecular weight excluding hydrogens is 224 g/mol. The zero-order valence-corrected chi connectivity index (χ0v) is 11.8. The molecule has 1 aromatic rings. The maximum Gasteiger partial charge on any atom is 0.0718 e. The molecule has 0 fully saturated rings. The third kappa shape index (κ3) is 5.17. The van der Waals surface area contributed by atoms with Crippen molar-refractivity contribution in [2.45, 2.75) is 32.3 Å². The van der Waals surface area contributed by atoms with Crippen LogP contribution in [0.15, 0.2) is 30.3 Å². The van der Waals surface area contributed by atoms with Crippen molar-refractivity contribution in [3.8, 4) is 0 Å². The summed E-state index contributed by atoms with van der Waals surface area (Å²) < 4.78 is 0. The summed E-state index contributed by atoms with van der Waals surface area (Å²) in [7, 11) is 0. The fourth-order valence-corrected chi connectivity index (χ4v) is 2.21. The Hall–Kier alpha value is -0.900. The van der Waals surface area contributed by atoms with E-state index in [1.54, 1.807) is 0 Å². The number of benzene rings is 1. The molecule has 1 atom stereocenters. The van der Waals surface area contributed by atoms with Gasteiger partial charge in [0.2, 0.25) is 0 Å². The summed E-state index contributed by atoms with van der Waals surface area (Å²) in [4.78, 5) is 2.25. The molecule has 18 heavy (non-hydrogen) atoms. The van der Waals surface area contributed by atoms with E-state index in [0.29, 0.717) is 19.0 Å². The highest BCUT2D eigenvalue weighted by molar-refractivity contribution is 5.20. The Morgan fingerprint density at radius 2 is 1.89 bits per heavy atom. The van der Waals surface area contributed by atoms with Gasteiger partial charge in [-0.1, -0.05) is 37.3 Å². The minimum Gasteiger partial charge on any atom is -0.389 e. The van der Waals surface area contributed by atoms with Gasteiger partial charge in [0.25, 0.3) is 0 Å². The molecule has 0 saturated heterocycles. The van der Waals surface area contributed by atoms with E-state index in [1.165, 1.54) is 5.56 Å². The number of nitrogens with two attached hydrogens (primary N) is 1. The molecule has 1 rings (SSSR count). The molecule has 1 aromatic carbocycles. The number of hydrogen-bond donors (Lipinski definition) is 2. The van der Waals surface area contributed by atoms with Crippen LogP contribution in [-0.4, -0.2) is 41.8 Å². The molecule has 102 valence electrons. The first-order valence-electron chi connectivity index (χ1n) is 6.66. The standard InChI is InChI=1S/C15H26N2O/c1-4-17(12-15(2,3)18)11-14(10-16)13-8-6-5-7-9-13/h5-9,14,18H,4,10-12,16H2,1-3H3. The molecule has 0 amide bonds. The van der Waals surface area contributed by atoms with Gasteiger partial charge in [-0.3, -0.25) is 0 Å². The van der Waals surface area contributed by atoms with E-state index in [1.807, 2.05) is 32.0 Å². The Balaban J connectivity index is 2.67. The van der Waals surface area contributed by atoms with Crippen molar-refractivity contribution in [3.63, 3.8) is 0 Å². The van der Waals surface area contributed by atoms with Crippen LogP contribution in [0.1, 0.15) is 32.3 Å². The van der Waals surface area contributed by atoms with Gasteiger partial charge in [-0.25, -0.2) is 0 Å². The lowest BCUT2D eigenvalue weighted by Gasteiger charge is -2.31. The molecule has 1 unspecified atom stereocenters. The van der Waals surface area contributed by atoms with Crippen LogP contribution in [0.2, 0.25) is 0 Å². The Kier molecular flexibility index (Phi) is 5.79. The molecule has 3 N–H and O–H groups in total. The largest absolute Gasteiger partial charge is 0.389 e. The number of likely N-dealkylation sites (N-methyl/N-ethyl adjacent to an activating group) is 1. The van der Waals surface area contributed by atoms with Gasteiger partial charge in [0.15, 0.2) is 0 Å². The van der Waals surface area contributed by atoms with Crippen LogP contribution >= 0.6 is 0 Å². The second-order valence-electron chi connectivity index (χ2n) is 5.48. The van der Waals surface area contributed by atoms with Gasteiger partial charge >= 0.3 is 0 Å². The summed E-state index contributed by atoms with van der Waals surface area (Å²) in [6.07, 6.45) is 0. The second kappa shape index (κ2) is 6.88. The highest BCUT2D eigenvalue weighted by atomic mass is 16.3. The third-order valence-corrected chi connectivity index (χ3v) is 3.09. The summed E-state index contributed by atoms with van der Waals surface area (Å²) in [5, 5.41) is 9.90. The van der Waals surface area contributed by atoms with E-state index in [-0.39, 0.29) is 0 Å². The number of nitrogens with zero attached hydrogens (tertiary/aromatic N) is 1. The fraction of sp³-hybridized carbons (Fsp3) is 0.600. The van der Waals surface area contributed by atoms with Crippen molar-refractivity contribution in [1.29, 1.82) is 0 Å². The van der Waals surface area contributed by atoms with Gasteiger partial charge < -0.3 is 15.7 Å². The lowest BCUT2D eigenvalue weighted by Crippen LogP contribution is -2.41. The van der Waals surface area contributed by atoms with Crippen molar-refractivity contribution in [3.05, 3.63) is 35.9 Å². The van der Waals surface area contributed by atoms with Gasteiger partial charge in [-0.2, -0.15) is 0 Å². The van der Waals surface area contributed by atoms with Crippen LogP contribution in [0.3, 0.4) is 0 Å². The summed E-state index contributed by atoms with van der Waals surface area (Å²) in [5.41, 5.74) is 6.49. The molecule has 3 heteroatoms. The molecule has 0 aliphatic heterocycles. The van der Waals surface area contributed by atoms with Crippen molar-refractivity contribution < 1.29 is 5.11 Å². The Bertz CT molecular complexity index is 332. The van der Waals surface area contributed by atoms with Gasteiger partial charge in [0, 0.05) is 25.6 Å². The molecule has 0 saturated carbocycles. The molecule has 3 nitrogen and oxygen atoms in total. The van der Waals surface area contributed by atoms with E-state index in [4.69, 9.17) is 5.73 Å². The number of rotatable bonds is 7. The summed E-state index contributed by atoms with van der Waals surface area (Å²) >= 11 is 0. The first-order chi connectivity index (χ1) is 8.46. The van der Waals surface area contributed by atoms with E-state index in [0.717, 1.165) is 13.1 Å². The summed E-state index contributed by atoms with van der Waals surface area (Å²) in [5.74, 6) is 0.327. The first kappa shape index (κ1) is 15.2. The SMILES string of the molecule is CCN(CC(CN)c1ccccc1)CC(C)(C)O. The maximum atomic E-state index is 9.90. The van der Waals surface area contributed by atoms with Crippen molar-refractivity contribution in [2.75, 3.05) is 26.2 Å². The summed E-state index contributed by atoms with van der Waals surface area (Å²) in [6.45, 7) is 8.92. The lowest BCUT2D eigenvalue weighted by molar-refractivity contribution is 0.0361. The van der Waals surface area contributed by atoms with Gasteiger partial charge in [-0.05, 0) is 26.0 Å².